The fraction of sp³-hybridized carbons (Fsp3) is 0.375. The van der Waals surface area contributed by atoms with Crippen molar-refractivity contribution in [3.05, 3.63) is 48.0 Å². The molecule has 1 N–H and O–H groups in total. The molecule has 1 aromatic carbocycles. The van der Waals surface area contributed by atoms with Crippen molar-refractivity contribution in [3.8, 4) is 0 Å². The molecule has 1 amide bonds. The number of benzene rings is 1. The number of nitrogens with zero attached hydrogens (tertiary/aromatic N) is 3. The van der Waals surface area contributed by atoms with Crippen molar-refractivity contribution in [2.24, 2.45) is 7.05 Å². The van der Waals surface area contributed by atoms with Crippen LogP contribution in [0.3, 0.4) is 0 Å². The van der Waals surface area contributed by atoms with E-state index in [4.69, 9.17) is 0 Å². The molecule has 116 valence electrons. The first kappa shape index (κ1) is 14.6. The van der Waals surface area contributed by atoms with Crippen LogP contribution < -0.4 is 5.32 Å². The van der Waals surface area contributed by atoms with Crippen LogP contribution in [0.15, 0.2) is 36.7 Å². The summed E-state index contributed by atoms with van der Waals surface area (Å²) in [7, 11) is 1.80. The van der Waals surface area contributed by atoms with Gasteiger partial charge in [-0.15, -0.1) is 0 Å². The van der Waals surface area contributed by atoms with E-state index >= 15 is 0 Å². The third-order valence-electron chi connectivity index (χ3n) is 3.95. The lowest BCUT2D eigenvalue weighted by atomic mass is 10.0. The number of carbonyl (C=O) groups is 1. The Balaban J connectivity index is 1.54. The van der Waals surface area contributed by atoms with Gasteiger partial charge in [0.1, 0.15) is 5.82 Å². The van der Waals surface area contributed by atoms with Crippen LogP contribution in [0.4, 0.5) is 10.1 Å². The van der Waals surface area contributed by atoms with Crippen molar-refractivity contribution < 1.29 is 9.18 Å². The zero-order chi connectivity index (χ0) is 15.5. The Kier molecular flexibility index (Phi) is 4.09. The predicted molar refractivity (Wildman–Crippen MR) is 82.2 cm³/mol. The number of aromatic nitrogens is 2. The topological polar surface area (TPSA) is 50.2 Å². The molecule has 1 aromatic heterocycles. The van der Waals surface area contributed by atoms with E-state index in [9.17, 15) is 9.18 Å². The molecule has 1 fully saturated rings. The Hall–Kier alpha value is -2.37. The number of nitrogens with one attached hydrogen (secondary N) is 1. The van der Waals surface area contributed by atoms with Crippen molar-refractivity contribution in [2.75, 3.05) is 18.4 Å². The third-order valence-corrected chi connectivity index (χ3v) is 3.95. The van der Waals surface area contributed by atoms with Gasteiger partial charge in [0, 0.05) is 38.1 Å². The maximum Gasteiger partial charge on any atom is 0.257 e. The molecule has 22 heavy (non-hydrogen) atoms. The van der Waals surface area contributed by atoms with Crippen LogP contribution in [0.25, 0.3) is 0 Å². The molecule has 1 aliphatic rings. The van der Waals surface area contributed by atoms with Crippen molar-refractivity contribution >= 4 is 11.6 Å². The molecule has 0 saturated carbocycles. The van der Waals surface area contributed by atoms with E-state index < -0.39 is 0 Å². The van der Waals surface area contributed by atoms with Crippen LogP contribution in [0.1, 0.15) is 23.2 Å². The Bertz CT molecular complexity index is 644. The van der Waals surface area contributed by atoms with Gasteiger partial charge in [-0.1, -0.05) is 0 Å². The minimum Gasteiger partial charge on any atom is -0.382 e. The smallest absolute Gasteiger partial charge is 0.257 e. The van der Waals surface area contributed by atoms with Crippen LogP contribution >= 0.6 is 0 Å². The van der Waals surface area contributed by atoms with Gasteiger partial charge in [0.25, 0.3) is 5.91 Å². The van der Waals surface area contributed by atoms with E-state index in [2.05, 4.69) is 10.4 Å². The molecule has 0 unspecified atom stereocenters. The molecule has 2 heterocycles. The number of anilines is 1. The second-order valence-corrected chi connectivity index (χ2v) is 5.62. The molecule has 1 aliphatic heterocycles. The Labute approximate surface area is 128 Å². The number of aryl methyl sites for hydroxylation is 1. The highest BCUT2D eigenvalue weighted by atomic mass is 19.1. The lowest BCUT2D eigenvalue weighted by molar-refractivity contribution is 0.0718. The first-order valence-corrected chi connectivity index (χ1v) is 7.42. The fourth-order valence-electron chi connectivity index (χ4n) is 2.72. The summed E-state index contributed by atoms with van der Waals surface area (Å²) < 4.78 is 14.5. The minimum absolute atomic E-state index is 0.0355. The second-order valence-electron chi connectivity index (χ2n) is 5.62. The number of likely N-dealkylation sites (tertiary alicyclic amines) is 1. The number of carbonyl (C=O) groups excluding carboxylic acids is 1. The molecule has 0 spiro atoms. The van der Waals surface area contributed by atoms with E-state index in [1.807, 2.05) is 4.90 Å². The number of hydrogen-bond acceptors (Lipinski definition) is 3. The van der Waals surface area contributed by atoms with Gasteiger partial charge in [0.05, 0.1) is 11.8 Å². The van der Waals surface area contributed by atoms with Gasteiger partial charge in [-0.2, -0.15) is 5.10 Å². The average molecular weight is 302 g/mol. The number of halogens is 1. The van der Waals surface area contributed by atoms with Crippen molar-refractivity contribution in [3.63, 3.8) is 0 Å². The van der Waals surface area contributed by atoms with E-state index in [0.717, 1.165) is 18.5 Å². The molecule has 1 saturated heterocycles. The van der Waals surface area contributed by atoms with E-state index in [1.54, 1.807) is 36.3 Å². The summed E-state index contributed by atoms with van der Waals surface area (Å²) >= 11 is 0. The Morgan fingerprint density at radius 1 is 1.27 bits per heavy atom. The SMILES string of the molecule is Cn1cc(C(=O)N2CCC(Nc3ccc(F)cc3)CC2)cn1. The highest BCUT2D eigenvalue weighted by molar-refractivity contribution is 5.93. The average Bonchev–Trinajstić information content (AvgIpc) is 2.96. The highest BCUT2D eigenvalue weighted by Gasteiger charge is 2.24. The monoisotopic (exact) mass is 302 g/mol. The lowest BCUT2D eigenvalue weighted by Crippen LogP contribution is -2.42. The standard InChI is InChI=1S/C16H19FN4O/c1-20-11-12(10-18-20)16(22)21-8-6-15(7-9-21)19-14-4-2-13(17)3-5-14/h2-5,10-11,15,19H,6-9H2,1H3. The molecule has 0 aliphatic carbocycles. The van der Waals surface area contributed by atoms with Gasteiger partial charge < -0.3 is 10.2 Å². The normalized spacial score (nSPS) is 15.8. The zero-order valence-corrected chi connectivity index (χ0v) is 12.5. The molecule has 6 heteroatoms. The van der Waals surface area contributed by atoms with E-state index in [1.165, 1.54) is 12.1 Å². The summed E-state index contributed by atoms with van der Waals surface area (Å²) in [5.74, 6) is -0.198. The van der Waals surface area contributed by atoms with Crippen LogP contribution in [-0.2, 0) is 7.05 Å². The molecule has 5 nitrogen and oxygen atoms in total. The van der Waals surface area contributed by atoms with Gasteiger partial charge in [0.15, 0.2) is 0 Å². The molecule has 0 radical (unpaired) electrons. The number of hydrogen-bond donors (Lipinski definition) is 1. The molecular formula is C16H19FN4O. The summed E-state index contributed by atoms with van der Waals surface area (Å²) in [6.07, 6.45) is 5.10. The van der Waals surface area contributed by atoms with Crippen LogP contribution in [0.2, 0.25) is 0 Å². The molecule has 3 rings (SSSR count). The lowest BCUT2D eigenvalue weighted by Gasteiger charge is -2.32. The van der Waals surface area contributed by atoms with E-state index in [-0.39, 0.29) is 11.7 Å². The van der Waals surface area contributed by atoms with Crippen molar-refractivity contribution in [2.45, 2.75) is 18.9 Å². The minimum atomic E-state index is -0.234. The molecular weight excluding hydrogens is 283 g/mol. The summed E-state index contributed by atoms with van der Waals surface area (Å²) in [5.41, 5.74) is 1.55. The maximum absolute atomic E-state index is 12.9. The third kappa shape index (κ3) is 3.27. The van der Waals surface area contributed by atoms with E-state index in [0.29, 0.717) is 24.7 Å². The summed E-state index contributed by atoms with van der Waals surface area (Å²) in [5, 5.41) is 7.43. The van der Waals surface area contributed by atoms with Crippen molar-refractivity contribution in [1.82, 2.24) is 14.7 Å². The van der Waals surface area contributed by atoms with Crippen LogP contribution in [-0.4, -0.2) is 39.7 Å². The molecule has 0 atom stereocenters. The zero-order valence-electron chi connectivity index (χ0n) is 12.5. The first-order chi connectivity index (χ1) is 10.6. The molecule has 2 aromatic rings. The number of rotatable bonds is 3. The predicted octanol–water partition coefficient (Wildman–Crippen LogP) is 2.28. The Morgan fingerprint density at radius 2 is 1.95 bits per heavy atom. The quantitative estimate of drug-likeness (QED) is 0.946. The fourth-order valence-corrected chi connectivity index (χ4v) is 2.72. The first-order valence-electron chi connectivity index (χ1n) is 7.42. The second kappa shape index (κ2) is 6.17. The number of piperidine rings is 1. The maximum atomic E-state index is 12.9. The van der Waals surface area contributed by atoms with Crippen molar-refractivity contribution in [1.29, 1.82) is 0 Å². The molecule has 0 bridgehead atoms. The highest BCUT2D eigenvalue weighted by Crippen LogP contribution is 2.18. The Morgan fingerprint density at radius 3 is 2.55 bits per heavy atom. The van der Waals surface area contributed by atoms with Crippen LogP contribution in [0.5, 0.6) is 0 Å². The van der Waals surface area contributed by atoms with Gasteiger partial charge in [-0.25, -0.2) is 4.39 Å². The van der Waals surface area contributed by atoms with Gasteiger partial charge in [-0.05, 0) is 37.1 Å². The van der Waals surface area contributed by atoms with Crippen LogP contribution in [0, 0.1) is 5.82 Å². The largest absolute Gasteiger partial charge is 0.382 e. The summed E-state index contributed by atoms with van der Waals surface area (Å²) in [6.45, 7) is 1.43. The van der Waals surface area contributed by atoms with Gasteiger partial charge in [0.2, 0.25) is 0 Å². The van der Waals surface area contributed by atoms with Gasteiger partial charge in [-0.3, -0.25) is 9.48 Å². The summed E-state index contributed by atoms with van der Waals surface area (Å²) in [4.78, 5) is 14.2. The summed E-state index contributed by atoms with van der Waals surface area (Å²) in [6, 6.07) is 6.68. The van der Waals surface area contributed by atoms with Gasteiger partial charge >= 0.3 is 0 Å². The number of amides is 1.